The van der Waals surface area contributed by atoms with Crippen molar-refractivity contribution in [1.82, 2.24) is 15.5 Å². The van der Waals surface area contributed by atoms with Crippen LogP contribution in [0.3, 0.4) is 0 Å². The standard InChI is InChI=1S/C19H23N3O/c23-19(18-13-20-11-12-21-18)22(14-16-7-3-1-4-8-16)15-17-9-5-2-6-10-17/h1-10,18,20-21H,11-15H2. The minimum atomic E-state index is -0.142. The molecule has 1 amide bonds. The predicted octanol–water partition coefficient (Wildman–Crippen LogP) is 1.78. The summed E-state index contributed by atoms with van der Waals surface area (Å²) < 4.78 is 0. The van der Waals surface area contributed by atoms with Crippen LogP contribution in [0.25, 0.3) is 0 Å². The van der Waals surface area contributed by atoms with Gasteiger partial charge in [0.15, 0.2) is 0 Å². The van der Waals surface area contributed by atoms with E-state index in [9.17, 15) is 4.79 Å². The monoisotopic (exact) mass is 309 g/mol. The summed E-state index contributed by atoms with van der Waals surface area (Å²) in [5, 5.41) is 6.61. The van der Waals surface area contributed by atoms with Gasteiger partial charge < -0.3 is 15.5 Å². The first-order valence-corrected chi connectivity index (χ1v) is 8.13. The first-order chi connectivity index (χ1) is 11.3. The summed E-state index contributed by atoms with van der Waals surface area (Å²) in [7, 11) is 0. The number of carbonyl (C=O) groups is 1. The second-order valence-corrected chi connectivity index (χ2v) is 5.88. The van der Waals surface area contributed by atoms with Gasteiger partial charge >= 0.3 is 0 Å². The van der Waals surface area contributed by atoms with E-state index in [4.69, 9.17) is 0 Å². The molecule has 1 atom stereocenters. The fourth-order valence-corrected chi connectivity index (χ4v) is 2.87. The summed E-state index contributed by atoms with van der Waals surface area (Å²) in [5.74, 6) is 0.157. The Kier molecular flexibility index (Phi) is 5.40. The molecular weight excluding hydrogens is 286 g/mol. The van der Waals surface area contributed by atoms with Crippen LogP contribution in [0.1, 0.15) is 11.1 Å². The minimum absolute atomic E-state index is 0.142. The summed E-state index contributed by atoms with van der Waals surface area (Å²) in [6, 6.07) is 20.2. The van der Waals surface area contributed by atoms with Crippen molar-refractivity contribution in [2.75, 3.05) is 19.6 Å². The van der Waals surface area contributed by atoms with E-state index in [2.05, 4.69) is 34.9 Å². The van der Waals surface area contributed by atoms with Crippen molar-refractivity contribution in [2.45, 2.75) is 19.1 Å². The Morgan fingerprint density at radius 3 is 1.96 bits per heavy atom. The Labute approximate surface area is 137 Å². The lowest BCUT2D eigenvalue weighted by Crippen LogP contribution is -2.56. The average Bonchev–Trinajstić information content (AvgIpc) is 2.63. The molecule has 0 bridgehead atoms. The first-order valence-electron chi connectivity index (χ1n) is 8.13. The normalized spacial score (nSPS) is 17.7. The largest absolute Gasteiger partial charge is 0.333 e. The van der Waals surface area contributed by atoms with E-state index in [1.807, 2.05) is 41.3 Å². The number of hydrogen-bond acceptors (Lipinski definition) is 3. The number of nitrogens with one attached hydrogen (secondary N) is 2. The highest BCUT2D eigenvalue weighted by Crippen LogP contribution is 2.12. The SMILES string of the molecule is O=C(C1CNCCN1)N(Cc1ccccc1)Cc1ccccc1. The third-order valence-corrected chi connectivity index (χ3v) is 4.08. The zero-order valence-corrected chi connectivity index (χ0v) is 13.2. The summed E-state index contributed by atoms with van der Waals surface area (Å²) in [6.45, 7) is 3.71. The average molecular weight is 309 g/mol. The molecule has 1 heterocycles. The smallest absolute Gasteiger partial charge is 0.241 e. The van der Waals surface area contributed by atoms with Gasteiger partial charge in [0.1, 0.15) is 0 Å². The molecule has 1 fully saturated rings. The van der Waals surface area contributed by atoms with E-state index >= 15 is 0 Å². The van der Waals surface area contributed by atoms with Gasteiger partial charge in [-0.15, -0.1) is 0 Å². The third kappa shape index (κ3) is 4.41. The van der Waals surface area contributed by atoms with E-state index in [0.29, 0.717) is 19.6 Å². The summed E-state index contributed by atoms with van der Waals surface area (Å²) in [5.41, 5.74) is 2.31. The quantitative estimate of drug-likeness (QED) is 0.885. The van der Waals surface area contributed by atoms with E-state index in [1.54, 1.807) is 0 Å². The summed E-state index contributed by atoms with van der Waals surface area (Å²) in [4.78, 5) is 14.9. The van der Waals surface area contributed by atoms with Crippen molar-refractivity contribution >= 4 is 5.91 Å². The van der Waals surface area contributed by atoms with Crippen molar-refractivity contribution in [3.8, 4) is 0 Å². The number of benzene rings is 2. The molecule has 0 spiro atoms. The highest BCUT2D eigenvalue weighted by Gasteiger charge is 2.25. The van der Waals surface area contributed by atoms with Crippen LogP contribution in [0.5, 0.6) is 0 Å². The van der Waals surface area contributed by atoms with E-state index < -0.39 is 0 Å². The zero-order chi connectivity index (χ0) is 15.9. The summed E-state index contributed by atoms with van der Waals surface area (Å²) >= 11 is 0. The molecule has 3 rings (SSSR count). The fourth-order valence-electron chi connectivity index (χ4n) is 2.87. The Morgan fingerprint density at radius 1 is 0.913 bits per heavy atom. The van der Waals surface area contributed by atoms with Crippen molar-refractivity contribution in [3.05, 3.63) is 71.8 Å². The molecule has 120 valence electrons. The number of rotatable bonds is 5. The molecule has 1 aliphatic heterocycles. The molecule has 1 aliphatic rings. The Balaban J connectivity index is 1.76. The highest BCUT2D eigenvalue weighted by atomic mass is 16.2. The fraction of sp³-hybridized carbons (Fsp3) is 0.316. The Morgan fingerprint density at radius 2 is 1.48 bits per heavy atom. The zero-order valence-electron chi connectivity index (χ0n) is 13.2. The highest BCUT2D eigenvalue weighted by molar-refractivity contribution is 5.82. The van der Waals surface area contributed by atoms with E-state index in [-0.39, 0.29) is 11.9 Å². The Bertz CT molecular complexity index is 568. The molecule has 2 aromatic carbocycles. The number of amides is 1. The van der Waals surface area contributed by atoms with Gasteiger partial charge in [0, 0.05) is 32.7 Å². The van der Waals surface area contributed by atoms with Gasteiger partial charge in [0.2, 0.25) is 5.91 Å². The molecule has 1 unspecified atom stereocenters. The number of hydrogen-bond donors (Lipinski definition) is 2. The molecule has 2 aromatic rings. The number of nitrogens with zero attached hydrogens (tertiary/aromatic N) is 1. The molecule has 1 saturated heterocycles. The molecule has 0 aromatic heterocycles. The maximum absolute atomic E-state index is 12.9. The third-order valence-electron chi connectivity index (χ3n) is 4.08. The number of piperazine rings is 1. The van der Waals surface area contributed by atoms with Crippen LogP contribution in [0.4, 0.5) is 0 Å². The lowest BCUT2D eigenvalue weighted by Gasteiger charge is -2.30. The van der Waals surface area contributed by atoms with Crippen LogP contribution in [0.2, 0.25) is 0 Å². The van der Waals surface area contributed by atoms with Crippen LogP contribution in [-0.2, 0) is 17.9 Å². The van der Waals surface area contributed by atoms with Gasteiger partial charge in [-0.05, 0) is 11.1 Å². The summed E-state index contributed by atoms with van der Waals surface area (Å²) in [6.07, 6.45) is 0. The van der Waals surface area contributed by atoms with Crippen molar-refractivity contribution in [1.29, 1.82) is 0 Å². The van der Waals surface area contributed by atoms with Gasteiger partial charge in [-0.25, -0.2) is 0 Å². The molecule has 4 heteroatoms. The van der Waals surface area contributed by atoms with Crippen LogP contribution in [-0.4, -0.2) is 36.5 Å². The molecule has 23 heavy (non-hydrogen) atoms. The van der Waals surface area contributed by atoms with Crippen LogP contribution < -0.4 is 10.6 Å². The molecule has 2 N–H and O–H groups in total. The van der Waals surface area contributed by atoms with E-state index in [1.165, 1.54) is 0 Å². The maximum Gasteiger partial charge on any atom is 0.241 e. The second-order valence-electron chi connectivity index (χ2n) is 5.88. The molecule has 4 nitrogen and oxygen atoms in total. The number of carbonyl (C=O) groups excluding carboxylic acids is 1. The minimum Gasteiger partial charge on any atom is -0.333 e. The van der Waals surface area contributed by atoms with Gasteiger partial charge in [-0.1, -0.05) is 60.7 Å². The van der Waals surface area contributed by atoms with Crippen molar-refractivity contribution in [2.24, 2.45) is 0 Å². The van der Waals surface area contributed by atoms with Crippen LogP contribution in [0.15, 0.2) is 60.7 Å². The lowest BCUT2D eigenvalue weighted by molar-refractivity contribution is -0.135. The van der Waals surface area contributed by atoms with Gasteiger partial charge in [-0.3, -0.25) is 4.79 Å². The Hall–Kier alpha value is -2.17. The van der Waals surface area contributed by atoms with Crippen LogP contribution in [0, 0.1) is 0 Å². The predicted molar refractivity (Wildman–Crippen MR) is 91.8 cm³/mol. The van der Waals surface area contributed by atoms with Crippen LogP contribution >= 0.6 is 0 Å². The van der Waals surface area contributed by atoms with Gasteiger partial charge in [-0.2, -0.15) is 0 Å². The van der Waals surface area contributed by atoms with Gasteiger partial charge in [0.25, 0.3) is 0 Å². The maximum atomic E-state index is 12.9. The van der Waals surface area contributed by atoms with Crippen molar-refractivity contribution in [3.63, 3.8) is 0 Å². The van der Waals surface area contributed by atoms with Gasteiger partial charge in [0.05, 0.1) is 6.04 Å². The van der Waals surface area contributed by atoms with E-state index in [0.717, 1.165) is 24.2 Å². The molecule has 0 saturated carbocycles. The molecule has 0 aliphatic carbocycles. The topological polar surface area (TPSA) is 44.4 Å². The van der Waals surface area contributed by atoms with Crippen molar-refractivity contribution < 1.29 is 4.79 Å². The molecule has 0 radical (unpaired) electrons. The first kappa shape index (κ1) is 15.7. The second kappa shape index (κ2) is 7.90. The molecular formula is C19H23N3O. The lowest BCUT2D eigenvalue weighted by atomic mass is 10.1.